The topological polar surface area (TPSA) is 89.3 Å². The van der Waals surface area contributed by atoms with Gasteiger partial charge in [-0.05, 0) is 36.8 Å². The van der Waals surface area contributed by atoms with Gasteiger partial charge in [-0.3, -0.25) is 4.79 Å². The highest BCUT2D eigenvalue weighted by Gasteiger charge is 2.14. The summed E-state index contributed by atoms with van der Waals surface area (Å²) in [5.74, 6) is 0.0437. The first kappa shape index (κ1) is 16.3. The van der Waals surface area contributed by atoms with Crippen LogP contribution in [-0.4, -0.2) is 19.3 Å². The first-order chi connectivity index (χ1) is 10.3. The molecule has 0 aliphatic rings. The molecule has 0 saturated heterocycles. The summed E-state index contributed by atoms with van der Waals surface area (Å²) in [5.41, 5.74) is 0.426. The van der Waals surface area contributed by atoms with Gasteiger partial charge in [0.25, 0.3) is 5.91 Å². The van der Waals surface area contributed by atoms with Gasteiger partial charge in [0.15, 0.2) is 0 Å². The first-order valence-corrected chi connectivity index (χ1v) is 8.26. The third kappa shape index (κ3) is 5.01. The molecule has 0 bridgehead atoms. The van der Waals surface area contributed by atoms with Crippen molar-refractivity contribution in [3.63, 3.8) is 0 Å². The highest BCUT2D eigenvalue weighted by Crippen LogP contribution is 2.09. The number of hydrogen-bond donors (Lipinski definition) is 1. The molecule has 22 heavy (non-hydrogen) atoms. The number of halogens is 1. The maximum absolute atomic E-state index is 11.9. The van der Waals surface area contributed by atoms with Gasteiger partial charge < -0.3 is 4.42 Å². The lowest BCUT2D eigenvalue weighted by Gasteiger charge is -2.04. The number of sulfonamides is 1. The third-order valence-corrected chi connectivity index (χ3v) is 4.01. The summed E-state index contributed by atoms with van der Waals surface area (Å²) in [5, 5.41) is 0.266. The molecular formula is C14H13ClN2O4S. The van der Waals surface area contributed by atoms with E-state index in [-0.39, 0.29) is 10.9 Å². The minimum Gasteiger partial charge on any atom is -0.462 e. The maximum Gasteiger partial charge on any atom is 0.257 e. The Balaban J connectivity index is 1.97. The number of carbonyl (C=O) groups is 1. The fraction of sp³-hybridized carbons (Fsp3) is 0.143. The van der Waals surface area contributed by atoms with Crippen LogP contribution in [0.25, 0.3) is 6.08 Å². The van der Waals surface area contributed by atoms with Crippen LogP contribution in [0.5, 0.6) is 0 Å². The number of furan rings is 1. The number of hydrogen-bond acceptors (Lipinski definition) is 5. The molecule has 6 nitrogen and oxygen atoms in total. The lowest BCUT2D eigenvalue weighted by molar-refractivity contribution is -0.114. The molecule has 2 heterocycles. The Hall–Kier alpha value is -2.12. The van der Waals surface area contributed by atoms with Gasteiger partial charge in [-0.1, -0.05) is 17.7 Å². The van der Waals surface area contributed by atoms with Crippen molar-refractivity contribution in [3.8, 4) is 0 Å². The van der Waals surface area contributed by atoms with Crippen molar-refractivity contribution < 1.29 is 17.6 Å². The average molecular weight is 341 g/mol. The van der Waals surface area contributed by atoms with Crippen LogP contribution in [0.1, 0.15) is 17.1 Å². The van der Waals surface area contributed by atoms with Crippen LogP contribution in [0.15, 0.2) is 41.0 Å². The second-order valence-corrected chi connectivity index (χ2v) is 6.61. The molecule has 116 valence electrons. The van der Waals surface area contributed by atoms with Gasteiger partial charge in [-0.15, -0.1) is 0 Å². The molecule has 2 rings (SSSR count). The summed E-state index contributed by atoms with van der Waals surface area (Å²) in [7, 11) is -3.81. The SMILES string of the molecule is Cc1ccc(C=CC(=O)NS(=O)(=O)Cc2ccc(Cl)nc2)o1. The number of nitrogens with one attached hydrogen (secondary N) is 1. The lowest BCUT2D eigenvalue weighted by Crippen LogP contribution is -2.30. The zero-order valence-corrected chi connectivity index (χ0v) is 13.2. The molecule has 0 aliphatic carbocycles. The van der Waals surface area contributed by atoms with Crippen LogP contribution in [0.4, 0.5) is 0 Å². The summed E-state index contributed by atoms with van der Waals surface area (Å²) in [4.78, 5) is 15.4. The van der Waals surface area contributed by atoms with Gasteiger partial charge in [-0.25, -0.2) is 18.1 Å². The Morgan fingerprint density at radius 2 is 2.14 bits per heavy atom. The first-order valence-electron chi connectivity index (χ1n) is 6.23. The zero-order valence-electron chi connectivity index (χ0n) is 11.6. The Bertz CT molecular complexity index is 795. The molecule has 0 saturated carbocycles. The maximum atomic E-state index is 11.9. The Kier molecular flexibility index (Phi) is 4.99. The summed E-state index contributed by atoms with van der Waals surface area (Å²) >= 11 is 5.62. The van der Waals surface area contributed by atoms with E-state index >= 15 is 0 Å². The molecule has 2 aromatic heterocycles. The largest absolute Gasteiger partial charge is 0.462 e. The van der Waals surface area contributed by atoms with Gasteiger partial charge in [0.1, 0.15) is 16.7 Å². The molecule has 0 atom stereocenters. The Morgan fingerprint density at radius 3 is 2.73 bits per heavy atom. The predicted molar refractivity (Wildman–Crippen MR) is 82.5 cm³/mol. The number of carbonyl (C=O) groups excluding carboxylic acids is 1. The summed E-state index contributed by atoms with van der Waals surface area (Å²) in [6.07, 6.45) is 3.82. The van der Waals surface area contributed by atoms with E-state index in [1.54, 1.807) is 19.1 Å². The molecule has 1 N–H and O–H groups in total. The average Bonchev–Trinajstić information content (AvgIpc) is 2.84. The quantitative estimate of drug-likeness (QED) is 0.666. The van der Waals surface area contributed by atoms with E-state index in [1.807, 2.05) is 4.72 Å². The van der Waals surface area contributed by atoms with E-state index < -0.39 is 15.9 Å². The molecular weight excluding hydrogens is 328 g/mol. The van der Waals surface area contributed by atoms with Gasteiger partial charge >= 0.3 is 0 Å². The lowest BCUT2D eigenvalue weighted by atomic mass is 10.3. The standard InChI is InChI=1S/C14H13ClN2O4S/c1-10-2-4-12(21-10)5-7-14(18)17-22(19,20)9-11-3-6-13(15)16-8-11/h2-8H,9H2,1H3,(H,17,18). The summed E-state index contributed by atoms with van der Waals surface area (Å²) in [6.45, 7) is 1.77. The third-order valence-electron chi connectivity index (χ3n) is 2.56. The molecule has 0 fully saturated rings. The van der Waals surface area contributed by atoms with Crippen LogP contribution < -0.4 is 4.72 Å². The number of rotatable bonds is 5. The molecule has 0 spiro atoms. The molecule has 0 aromatic carbocycles. The van der Waals surface area contributed by atoms with E-state index in [2.05, 4.69) is 4.98 Å². The fourth-order valence-electron chi connectivity index (χ4n) is 1.64. The molecule has 1 amide bonds. The van der Waals surface area contributed by atoms with Crippen LogP contribution in [0.3, 0.4) is 0 Å². The van der Waals surface area contributed by atoms with Crippen molar-refractivity contribution in [2.24, 2.45) is 0 Å². The van der Waals surface area contributed by atoms with E-state index in [9.17, 15) is 13.2 Å². The number of aromatic nitrogens is 1. The second kappa shape index (κ2) is 6.76. The Morgan fingerprint density at radius 1 is 1.36 bits per heavy atom. The highest BCUT2D eigenvalue weighted by atomic mass is 35.5. The predicted octanol–water partition coefficient (Wildman–Crippen LogP) is 2.30. The van der Waals surface area contributed by atoms with Gasteiger partial charge in [-0.2, -0.15) is 0 Å². The number of aryl methyl sites for hydroxylation is 1. The highest BCUT2D eigenvalue weighted by molar-refractivity contribution is 7.89. The van der Waals surface area contributed by atoms with Crippen LogP contribution >= 0.6 is 11.6 Å². The van der Waals surface area contributed by atoms with Gasteiger partial charge in [0.2, 0.25) is 10.0 Å². The molecule has 8 heteroatoms. The van der Waals surface area contributed by atoms with Crippen LogP contribution in [-0.2, 0) is 20.6 Å². The van der Waals surface area contributed by atoms with Crippen molar-refractivity contribution in [1.82, 2.24) is 9.71 Å². The number of amides is 1. The zero-order chi connectivity index (χ0) is 16.2. The Labute approximate surface area is 132 Å². The second-order valence-electron chi connectivity index (χ2n) is 4.50. The van der Waals surface area contributed by atoms with Crippen molar-refractivity contribution in [2.75, 3.05) is 0 Å². The van der Waals surface area contributed by atoms with Crippen molar-refractivity contribution in [1.29, 1.82) is 0 Å². The van der Waals surface area contributed by atoms with Crippen molar-refractivity contribution >= 4 is 33.6 Å². The van der Waals surface area contributed by atoms with E-state index in [0.29, 0.717) is 17.1 Å². The van der Waals surface area contributed by atoms with Crippen LogP contribution in [0.2, 0.25) is 5.15 Å². The molecule has 0 unspecified atom stereocenters. The number of nitrogens with zero attached hydrogens (tertiary/aromatic N) is 1. The smallest absolute Gasteiger partial charge is 0.257 e. The number of pyridine rings is 1. The molecule has 2 aromatic rings. The normalized spacial score (nSPS) is 11.7. The van der Waals surface area contributed by atoms with Crippen LogP contribution in [0, 0.1) is 6.92 Å². The van der Waals surface area contributed by atoms with E-state index in [0.717, 1.165) is 6.08 Å². The molecule has 0 aliphatic heterocycles. The van der Waals surface area contributed by atoms with Gasteiger partial charge in [0, 0.05) is 12.3 Å². The summed E-state index contributed by atoms with van der Waals surface area (Å²) < 4.78 is 30.9. The monoisotopic (exact) mass is 340 g/mol. The summed E-state index contributed by atoms with van der Waals surface area (Å²) in [6, 6.07) is 6.42. The molecule has 0 radical (unpaired) electrons. The minimum absolute atomic E-state index is 0.266. The van der Waals surface area contributed by atoms with E-state index in [4.69, 9.17) is 16.0 Å². The van der Waals surface area contributed by atoms with Gasteiger partial charge in [0.05, 0.1) is 5.75 Å². The fourth-order valence-corrected chi connectivity index (χ4v) is 2.80. The van der Waals surface area contributed by atoms with E-state index in [1.165, 1.54) is 24.4 Å². The van der Waals surface area contributed by atoms with Crippen molar-refractivity contribution in [2.45, 2.75) is 12.7 Å². The van der Waals surface area contributed by atoms with Crippen molar-refractivity contribution in [3.05, 3.63) is 58.8 Å². The minimum atomic E-state index is -3.81.